The molecule has 9 aromatic heterocycles. The average molecular weight is 1350 g/mol. The molecule has 11 N–H and O–H groups in total. The van der Waals surface area contributed by atoms with Gasteiger partial charge in [0, 0.05) is 126 Å². The molecule has 0 saturated heterocycles. The third-order valence-electron chi connectivity index (χ3n) is 11.6. The highest BCUT2D eigenvalue weighted by atomic mass is 35.5. The van der Waals surface area contributed by atoms with Crippen LogP contribution in [0, 0.1) is 6.92 Å². The molecular formula is C55H63ClN24O8S4. The molecule has 0 fully saturated rings. The van der Waals surface area contributed by atoms with Gasteiger partial charge in [-0.25, -0.2) is 23.4 Å². The highest BCUT2D eigenvalue weighted by Crippen LogP contribution is 2.31. The van der Waals surface area contributed by atoms with E-state index in [0.29, 0.717) is 52.1 Å². The van der Waals surface area contributed by atoms with E-state index in [1.807, 2.05) is 70.1 Å². The smallest absolute Gasteiger partial charge is 0.294 e. The van der Waals surface area contributed by atoms with Crippen LogP contribution in [0.5, 0.6) is 0 Å². The summed E-state index contributed by atoms with van der Waals surface area (Å²) < 4.78 is 58.5. The average Bonchev–Trinajstić information content (AvgIpc) is 0.933. The Morgan fingerprint density at radius 2 is 0.924 bits per heavy atom. The lowest BCUT2D eigenvalue weighted by Gasteiger charge is -2.13. The van der Waals surface area contributed by atoms with Crippen molar-refractivity contribution in [3.05, 3.63) is 162 Å². The van der Waals surface area contributed by atoms with E-state index in [9.17, 15) is 31.2 Å². The van der Waals surface area contributed by atoms with E-state index in [1.54, 1.807) is 107 Å². The van der Waals surface area contributed by atoms with Gasteiger partial charge in [-0.1, -0.05) is 29.3 Å². The van der Waals surface area contributed by atoms with Crippen LogP contribution in [0.1, 0.15) is 37.0 Å². The maximum Gasteiger partial charge on any atom is 0.294 e. The van der Waals surface area contributed by atoms with Crippen LogP contribution in [0.2, 0.25) is 5.15 Å². The van der Waals surface area contributed by atoms with Crippen LogP contribution >= 0.6 is 35.1 Å². The van der Waals surface area contributed by atoms with Gasteiger partial charge < -0.3 is 48.3 Å². The lowest BCUT2D eigenvalue weighted by atomic mass is 10.2. The zero-order valence-corrected chi connectivity index (χ0v) is 54.8. The number of benzene rings is 1. The number of anilines is 11. The first kappa shape index (κ1) is 70.7. The number of nitrogen functional groups attached to an aromatic ring is 1. The van der Waals surface area contributed by atoms with Crippen LogP contribution in [0.3, 0.4) is 0 Å². The number of thioether (sulfide) groups is 2. The fourth-order valence-electron chi connectivity index (χ4n) is 7.25. The molecule has 0 saturated carbocycles. The Bertz CT molecular complexity index is 4370. The van der Waals surface area contributed by atoms with Crippen LogP contribution in [0.15, 0.2) is 154 Å². The molecule has 32 nitrogen and oxygen atoms in total. The summed E-state index contributed by atoms with van der Waals surface area (Å²) in [7, 11) is 2.39. The fourth-order valence-corrected chi connectivity index (χ4v) is 9.68. The number of amides is 3. The zero-order chi connectivity index (χ0) is 67.1. The highest BCUT2D eigenvalue weighted by Gasteiger charge is 2.21. The largest absolute Gasteiger partial charge is 0.382 e. The molecule has 10 rings (SSSR count). The molecule has 10 aromatic rings. The monoisotopic (exact) mass is 1350 g/mol. The summed E-state index contributed by atoms with van der Waals surface area (Å²) in [6, 6.07) is 26.6. The van der Waals surface area contributed by atoms with Crippen LogP contribution in [-0.4, -0.2) is 154 Å². The van der Waals surface area contributed by atoms with Gasteiger partial charge in [0.1, 0.15) is 28.2 Å². The van der Waals surface area contributed by atoms with Crippen molar-refractivity contribution in [1.82, 2.24) is 90.8 Å². The van der Waals surface area contributed by atoms with Crippen molar-refractivity contribution in [2.75, 3.05) is 72.2 Å². The molecule has 1 aromatic carbocycles. The number of nitrogens with two attached hydrogens (primary N) is 1. The lowest BCUT2D eigenvalue weighted by Crippen LogP contribution is -2.22. The minimum atomic E-state index is -4.02. The lowest BCUT2D eigenvalue weighted by molar-refractivity contribution is 0.0950. The summed E-state index contributed by atoms with van der Waals surface area (Å²) >= 11 is 8.93. The first-order valence-corrected chi connectivity index (χ1v) is 32.7. The van der Waals surface area contributed by atoms with Crippen LogP contribution in [-0.2, 0) is 41.1 Å². The van der Waals surface area contributed by atoms with Crippen LogP contribution in [0.25, 0.3) is 0 Å². The van der Waals surface area contributed by atoms with Crippen molar-refractivity contribution >= 4 is 136 Å². The Hall–Kier alpha value is -10.4. The minimum absolute atomic E-state index is 0.00564. The summed E-state index contributed by atoms with van der Waals surface area (Å²) in [6.45, 7) is 1.84. The molecule has 9 heterocycles. The topological polar surface area (TPSA) is 431 Å². The van der Waals surface area contributed by atoms with Crippen LogP contribution < -0.4 is 48.3 Å². The van der Waals surface area contributed by atoms with Crippen molar-refractivity contribution in [2.45, 2.75) is 26.5 Å². The second-order valence-electron chi connectivity index (χ2n) is 18.5. The second-order valence-corrected chi connectivity index (χ2v) is 23.9. The third-order valence-corrected chi connectivity index (χ3v) is 15.3. The predicted molar refractivity (Wildman–Crippen MR) is 352 cm³/mol. The van der Waals surface area contributed by atoms with Gasteiger partial charge in [-0.15, -0.1) is 54.1 Å². The SMILES string of the molecule is CNC(=O)c1nnc(Cl)cc1Nc1ncccc1SC.CNC(=O)c1nnc(Nc2ccn(C)n2)cc1Nc1ncccc1S(C)(=O)=O.CNC(=O)c1nnc(Nc2ccn(C)n2)cc1Nc1ncccc1SC.Cc1ccc(S(=O)(=O)O)cc1.Cn1ccc(N)n1. The quantitative estimate of drug-likeness (QED) is 0.0338. The number of carbonyl (C=O) groups is 3. The Labute approximate surface area is 541 Å². The van der Waals surface area contributed by atoms with E-state index in [0.717, 1.165) is 21.6 Å². The summed E-state index contributed by atoms with van der Waals surface area (Å²) in [5.41, 5.74) is 7.71. The molecule has 0 aliphatic heterocycles. The number of aromatic nitrogens is 15. The molecule has 92 heavy (non-hydrogen) atoms. The first-order valence-electron chi connectivity index (χ1n) is 26.5. The summed E-state index contributed by atoms with van der Waals surface area (Å²) in [4.78, 5) is 50.5. The van der Waals surface area contributed by atoms with Crippen molar-refractivity contribution in [3.63, 3.8) is 0 Å². The normalized spacial score (nSPS) is 10.6. The van der Waals surface area contributed by atoms with Gasteiger partial charge in [0.05, 0.1) is 22.0 Å². The van der Waals surface area contributed by atoms with Crippen molar-refractivity contribution in [2.24, 2.45) is 21.1 Å². The first-order chi connectivity index (χ1) is 43.8. The molecule has 0 aliphatic carbocycles. The Kier molecular flexibility index (Phi) is 25.7. The molecule has 0 radical (unpaired) electrons. The van der Waals surface area contributed by atoms with Crippen molar-refractivity contribution in [3.8, 4) is 0 Å². The number of nitrogens with one attached hydrogen (secondary N) is 8. The molecule has 0 atom stereocenters. The van der Waals surface area contributed by atoms with Crippen molar-refractivity contribution in [1.29, 1.82) is 0 Å². The number of hydrogen-bond acceptors (Lipinski definition) is 27. The van der Waals surface area contributed by atoms with Gasteiger partial charge in [-0.05, 0) is 74.0 Å². The molecule has 482 valence electrons. The van der Waals surface area contributed by atoms with E-state index in [1.165, 1.54) is 56.7 Å². The molecule has 3 amide bonds. The van der Waals surface area contributed by atoms with Crippen molar-refractivity contribution < 1.29 is 35.8 Å². The molecule has 37 heteroatoms. The second kappa shape index (κ2) is 33.4. The molecular weight excluding hydrogens is 1290 g/mol. The van der Waals surface area contributed by atoms with Gasteiger partial charge >= 0.3 is 0 Å². The summed E-state index contributed by atoms with van der Waals surface area (Å²) in [5, 5.41) is 58.6. The minimum Gasteiger partial charge on any atom is -0.382 e. The van der Waals surface area contributed by atoms with E-state index in [-0.39, 0.29) is 55.3 Å². The molecule has 0 aliphatic rings. The maximum atomic E-state index is 12.2. The number of carbonyl (C=O) groups excluding carboxylic acids is 3. The van der Waals surface area contributed by atoms with E-state index in [4.69, 9.17) is 21.9 Å². The predicted octanol–water partition coefficient (Wildman–Crippen LogP) is 6.62. The summed E-state index contributed by atoms with van der Waals surface area (Å²) in [6.07, 6.45) is 15.1. The number of pyridine rings is 3. The molecule has 0 spiro atoms. The molecule has 0 bridgehead atoms. The van der Waals surface area contributed by atoms with Gasteiger partial charge in [-0.2, -0.15) is 23.7 Å². The van der Waals surface area contributed by atoms with Gasteiger partial charge in [0.25, 0.3) is 27.8 Å². The highest BCUT2D eigenvalue weighted by molar-refractivity contribution is 7.99. The van der Waals surface area contributed by atoms with Gasteiger partial charge in [0.15, 0.2) is 55.3 Å². The maximum absolute atomic E-state index is 12.2. The van der Waals surface area contributed by atoms with Gasteiger partial charge in [0.2, 0.25) is 0 Å². The Morgan fingerprint density at radius 3 is 1.29 bits per heavy atom. The number of hydrogen-bond donors (Lipinski definition) is 10. The number of sulfone groups is 1. The van der Waals surface area contributed by atoms with E-state index < -0.39 is 25.9 Å². The Balaban J connectivity index is 0.000000194. The third kappa shape index (κ3) is 21.1. The summed E-state index contributed by atoms with van der Waals surface area (Å²) in [5.74, 6) is 2.67. The van der Waals surface area contributed by atoms with Gasteiger partial charge in [-0.3, -0.25) is 33.0 Å². The number of nitrogens with zero attached hydrogens (tertiary/aromatic N) is 15. The van der Waals surface area contributed by atoms with E-state index in [2.05, 4.69) is 103 Å². The number of halogens is 1. The number of rotatable bonds is 17. The molecule has 0 unspecified atom stereocenters. The van der Waals surface area contributed by atoms with E-state index >= 15 is 0 Å². The number of aryl methyl sites for hydroxylation is 4. The zero-order valence-electron chi connectivity index (χ0n) is 50.8. The Morgan fingerprint density at radius 1 is 0.522 bits per heavy atom. The van der Waals surface area contributed by atoms with Crippen LogP contribution in [0.4, 0.5) is 63.6 Å². The standard InChI is InChI=1S/C16H18N8O3S.C16H18N8OS.C12H12ClN5OS.C7H8O3S.C4H7N3/c1-17-16(25)14-10(19-15-11(28(3,26)27)5-4-7-18-15)9-13(21-22-14)20-12-6-8-24(2)23-12;1-17-16(25)14-10(19-15-11(26-3)5-4-7-18-15)9-13(21-22-14)20-12-6-8-24(2)23-12;1-14-12(19)10-7(6-9(13)17-18-10)16-11-8(20-2)4-3-5-15-11;1-6-2-4-7(5-3-6)11(8,9)10;1-7-3-2-4(5)6-7/h4-9H,1-3H3,(H,17,25)(H2,18,19,20,21,23);4-9H,1-3H3,(H,17,25)(H2,18,19,20,21,23);3-6H,1-2H3,(H,14,19)(H,15,16,17);2-5H,1H3,(H,8,9,10);2-3H,1H3,(H2,5,6). The fraction of sp³-hybridized carbons (Fsp3) is 0.182.